The molecule has 0 N–H and O–H groups in total. The SMILES string of the molecule is CCS(=O)(=O)N(Cc1ccc(-c2nnc(C(F)F)o2)cn1)c1ccc2cnn(C)c2c1. The lowest BCUT2D eigenvalue weighted by atomic mass is 10.2. The van der Waals surface area contributed by atoms with Gasteiger partial charge >= 0.3 is 6.43 Å². The number of benzene rings is 1. The van der Waals surface area contributed by atoms with Crippen LogP contribution in [-0.4, -0.2) is 39.1 Å². The number of aryl methyl sites for hydroxylation is 1. The van der Waals surface area contributed by atoms with Gasteiger partial charge in [0.05, 0.1) is 41.0 Å². The maximum absolute atomic E-state index is 12.8. The second-order valence-electron chi connectivity index (χ2n) is 6.70. The minimum absolute atomic E-state index is 0.00801. The van der Waals surface area contributed by atoms with E-state index in [1.54, 1.807) is 49.1 Å². The first kappa shape index (κ1) is 20.8. The first-order chi connectivity index (χ1) is 14.8. The fraction of sp³-hybridized carbons (Fsp3) is 0.263. The Bertz CT molecular complexity index is 1320. The Hall–Kier alpha value is -3.41. The van der Waals surface area contributed by atoms with E-state index in [1.807, 2.05) is 6.07 Å². The van der Waals surface area contributed by atoms with Gasteiger partial charge in [0.2, 0.25) is 15.9 Å². The summed E-state index contributed by atoms with van der Waals surface area (Å²) in [6, 6.07) is 8.43. The van der Waals surface area contributed by atoms with Crippen LogP contribution in [0.15, 0.2) is 47.1 Å². The Kier molecular flexibility index (Phi) is 5.39. The molecule has 4 aromatic rings. The van der Waals surface area contributed by atoms with Crippen LogP contribution in [0.5, 0.6) is 0 Å². The summed E-state index contributed by atoms with van der Waals surface area (Å²) in [5, 5.41) is 11.9. The number of anilines is 1. The molecule has 0 spiro atoms. The van der Waals surface area contributed by atoms with Crippen molar-refractivity contribution in [3.05, 3.63) is 54.3 Å². The number of hydrogen-bond acceptors (Lipinski definition) is 7. The molecule has 0 aliphatic carbocycles. The molecule has 3 aromatic heterocycles. The Morgan fingerprint density at radius 3 is 2.61 bits per heavy atom. The van der Waals surface area contributed by atoms with E-state index < -0.39 is 22.3 Å². The smallest absolute Gasteiger partial charge is 0.314 e. The molecule has 0 radical (unpaired) electrons. The molecular formula is C19H18F2N6O3S. The summed E-state index contributed by atoms with van der Waals surface area (Å²) in [5.41, 5.74) is 2.09. The van der Waals surface area contributed by atoms with Crippen molar-refractivity contribution >= 4 is 26.6 Å². The van der Waals surface area contributed by atoms with Crippen LogP contribution in [0.25, 0.3) is 22.4 Å². The predicted molar refractivity (Wildman–Crippen MR) is 109 cm³/mol. The lowest BCUT2D eigenvalue weighted by Crippen LogP contribution is -2.32. The van der Waals surface area contributed by atoms with Crippen LogP contribution in [0.2, 0.25) is 0 Å². The van der Waals surface area contributed by atoms with Crippen LogP contribution >= 0.6 is 0 Å². The Balaban J connectivity index is 1.64. The molecular weight excluding hydrogens is 430 g/mol. The second-order valence-corrected chi connectivity index (χ2v) is 8.88. The molecule has 12 heteroatoms. The molecule has 0 aliphatic rings. The van der Waals surface area contributed by atoms with Crippen molar-refractivity contribution < 1.29 is 21.6 Å². The minimum Gasteiger partial charge on any atom is -0.415 e. The highest BCUT2D eigenvalue weighted by Crippen LogP contribution is 2.27. The predicted octanol–water partition coefficient (Wildman–Crippen LogP) is 3.31. The fourth-order valence-electron chi connectivity index (χ4n) is 3.02. The summed E-state index contributed by atoms with van der Waals surface area (Å²) >= 11 is 0. The van der Waals surface area contributed by atoms with Crippen molar-refractivity contribution in [2.24, 2.45) is 7.05 Å². The largest absolute Gasteiger partial charge is 0.415 e. The maximum atomic E-state index is 12.8. The van der Waals surface area contributed by atoms with Gasteiger partial charge in [0.25, 0.3) is 5.89 Å². The van der Waals surface area contributed by atoms with E-state index in [1.165, 1.54) is 10.5 Å². The highest BCUT2D eigenvalue weighted by atomic mass is 32.2. The van der Waals surface area contributed by atoms with Crippen LogP contribution in [0, 0.1) is 0 Å². The van der Waals surface area contributed by atoms with Gasteiger partial charge in [-0.25, -0.2) is 8.42 Å². The van der Waals surface area contributed by atoms with Crippen molar-refractivity contribution in [1.29, 1.82) is 0 Å². The van der Waals surface area contributed by atoms with Crippen molar-refractivity contribution in [1.82, 2.24) is 25.0 Å². The van der Waals surface area contributed by atoms with Gasteiger partial charge in [-0.3, -0.25) is 14.0 Å². The average molecular weight is 448 g/mol. The third kappa shape index (κ3) is 4.10. The molecule has 31 heavy (non-hydrogen) atoms. The van der Waals surface area contributed by atoms with E-state index in [0.29, 0.717) is 16.9 Å². The monoisotopic (exact) mass is 448 g/mol. The van der Waals surface area contributed by atoms with Crippen molar-refractivity contribution in [2.75, 3.05) is 10.1 Å². The zero-order chi connectivity index (χ0) is 22.2. The lowest BCUT2D eigenvalue weighted by Gasteiger charge is -2.23. The van der Waals surface area contributed by atoms with E-state index in [4.69, 9.17) is 4.42 Å². The number of rotatable bonds is 7. The van der Waals surface area contributed by atoms with Crippen LogP contribution in [0.3, 0.4) is 0 Å². The second kappa shape index (κ2) is 8.02. The standard InChI is InChI=1S/C19H18F2N6O3S/c1-3-31(28,29)27(15-7-5-12-10-23-26(2)16(12)8-15)11-14-6-4-13(9-22-14)18-24-25-19(30-18)17(20)21/h4-10,17H,3,11H2,1-2H3. The van der Waals surface area contributed by atoms with E-state index in [0.717, 1.165) is 10.9 Å². The van der Waals surface area contributed by atoms with Crippen molar-refractivity contribution in [3.8, 4) is 11.5 Å². The van der Waals surface area contributed by atoms with Gasteiger partial charge in [-0.2, -0.15) is 13.9 Å². The minimum atomic E-state index is -3.61. The molecule has 0 fully saturated rings. The zero-order valence-electron chi connectivity index (χ0n) is 16.6. The fourth-order valence-corrected chi connectivity index (χ4v) is 4.10. The van der Waals surface area contributed by atoms with Gasteiger partial charge in [-0.05, 0) is 37.3 Å². The Labute approximate surface area is 176 Å². The molecule has 0 aliphatic heterocycles. The molecule has 0 bridgehead atoms. The summed E-state index contributed by atoms with van der Waals surface area (Å²) in [4.78, 5) is 4.25. The van der Waals surface area contributed by atoms with Crippen LogP contribution in [0.4, 0.5) is 14.5 Å². The quantitative estimate of drug-likeness (QED) is 0.427. The summed E-state index contributed by atoms with van der Waals surface area (Å²) in [6.07, 6.45) is 0.215. The number of pyridine rings is 1. The molecule has 0 saturated heterocycles. The molecule has 4 rings (SSSR count). The molecule has 0 unspecified atom stereocenters. The van der Waals surface area contributed by atoms with Gasteiger partial charge in [0.15, 0.2) is 0 Å². The van der Waals surface area contributed by atoms with Crippen LogP contribution in [-0.2, 0) is 23.6 Å². The number of alkyl halides is 2. The normalized spacial score (nSPS) is 12.0. The van der Waals surface area contributed by atoms with Gasteiger partial charge in [0, 0.05) is 18.6 Å². The summed E-state index contributed by atoms with van der Waals surface area (Å²) in [6.45, 7) is 1.56. The Morgan fingerprint density at radius 2 is 1.97 bits per heavy atom. The average Bonchev–Trinajstić information content (AvgIpc) is 3.40. The first-order valence-electron chi connectivity index (χ1n) is 9.27. The third-order valence-corrected chi connectivity index (χ3v) is 6.47. The molecule has 0 amide bonds. The highest BCUT2D eigenvalue weighted by molar-refractivity contribution is 7.92. The van der Waals surface area contributed by atoms with Crippen molar-refractivity contribution in [2.45, 2.75) is 19.9 Å². The molecule has 1 aromatic carbocycles. The summed E-state index contributed by atoms with van der Waals surface area (Å²) < 4.78 is 58.7. The Morgan fingerprint density at radius 1 is 1.16 bits per heavy atom. The van der Waals surface area contributed by atoms with E-state index in [9.17, 15) is 17.2 Å². The third-order valence-electron chi connectivity index (χ3n) is 4.73. The number of nitrogens with zero attached hydrogens (tertiary/aromatic N) is 6. The van der Waals surface area contributed by atoms with Gasteiger partial charge in [0.1, 0.15) is 0 Å². The molecule has 0 atom stereocenters. The van der Waals surface area contributed by atoms with Crippen molar-refractivity contribution in [3.63, 3.8) is 0 Å². The summed E-state index contributed by atoms with van der Waals surface area (Å²) in [5.74, 6) is -0.953. The molecule has 3 heterocycles. The number of aromatic nitrogens is 5. The van der Waals surface area contributed by atoms with Gasteiger partial charge in [-0.15, -0.1) is 10.2 Å². The summed E-state index contributed by atoms with van der Waals surface area (Å²) in [7, 11) is -1.83. The van der Waals surface area contributed by atoms with Crippen LogP contribution in [0.1, 0.15) is 24.9 Å². The van der Waals surface area contributed by atoms with E-state index >= 15 is 0 Å². The topological polar surface area (TPSA) is 107 Å². The zero-order valence-corrected chi connectivity index (χ0v) is 17.4. The van der Waals surface area contributed by atoms with Gasteiger partial charge in [-0.1, -0.05) is 0 Å². The number of sulfonamides is 1. The number of halogens is 2. The highest BCUT2D eigenvalue weighted by Gasteiger charge is 2.23. The molecule has 9 nitrogen and oxygen atoms in total. The number of fused-ring (bicyclic) bond motifs is 1. The maximum Gasteiger partial charge on any atom is 0.314 e. The first-order valence-corrected chi connectivity index (χ1v) is 10.9. The van der Waals surface area contributed by atoms with E-state index in [-0.39, 0.29) is 18.2 Å². The van der Waals surface area contributed by atoms with Crippen LogP contribution < -0.4 is 4.31 Å². The molecule has 0 saturated carbocycles. The van der Waals surface area contributed by atoms with Gasteiger partial charge < -0.3 is 4.42 Å². The lowest BCUT2D eigenvalue weighted by molar-refractivity contribution is 0.116. The van der Waals surface area contributed by atoms with E-state index in [2.05, 4.69) is 20.3 Å². The molecule has 162 valence electrons. The number of hydrogen-bond donors (Lipinski definition) is 0.